The lowest BCUT2D eigenvalue weighted by atomic mass is 10.1. The third-order valence-corrected chi connectivity index (χ3v) is 1.45. The molecule has 66 valence electrons. The SMILES string of the molecule is CCCC(F)C(F)(F)C(=O)Cl. The Kier molecular flexibility index (Phi) is 3.86. The Hall–Kier alpha value is -0.250. The zero-order valence-corrected chi connectivity index (χ0v) is 6.67. The van der Waals surface area contributed by atoms with Gasteiger partial charge in [0.05, 0.1) is 0 Å². The van der Waals surface area contributed by atoms with Crippen LogP contribution in [0.25, 0.3) is 0 Å². The van der Waals surface area contributed by atoms with Crippen LogP contribution in [0.2, 0.25) is 0 Å². The highest BCUT2D eigenvalue weighted by Gasteiger charge is 2.46. The van der Waals surface area contributed by atoms with E-state index in [1.54, 1.807) is 6.92 Å². The van der Waals surface area contributed by atoms with Gasteiger partial charge in [-0.2, -0.15) is 8.78 Å². The standard InChI is InChI=1S/C6H8ClF3O/c1-2-3-4(8)6(9,10)5(7)11/h4H,2-3H2,1H3. The molecule has 0 aromatic carbocycles. The lowest BCUT2D eigenvalue weighted by Gasteiger charge is -2.14. The molecule has 0 saturated carbocycles. The summed E-state index contributed by atoms with van der Waals surface area (Å²) in [5, 5.41) is -1.93. The first-order valence-electron chi connectivity index (χ1n) is 3.14. The molecule has 0 aromatic heterocycles. The first-order chi connectivity index (χ1) is 4.92. The van der Waals surface area contributed by atoms with Crippen molar-refractivity contribution < 1.29 is 18.0 Å². The third kappa shape index (κ3) is 2.69. The molecule has 1 atom stereocenters. The van der Waals surface area contributed by atoms with Gasteiger partial charge >= 0.3 is 5.92 Å². The Morgan fingerprint density at radius 1 is 1.64 bits per heavy atom. The average molecular weight is 189 g/mol. The van der Waals surface area contributed by atoms with Crippen LogP contribution in [0.1, 0.15) is 19.8 Å². The minimum absolute atomic E-state index is 0.251. The van der Waals surface area contributed by atoms with Crippen molar-refractivity contribution in [3.05, 3.63) is 0 Å². The Labute approximate surface area is 67.5 Å². The molecule has 0 spiro atoms. The molecule has 0 fully saturated rings. The van der Waals surface area contributed by atoms with Gasteiger partial charge in [-0.25, -0.2) is 4.39 Å². The highest BCUT2D eigenvalue weighted by molar-refractivity contribution is 6.65. The van der Waals surface area contributed by atoms with E-state index in [1.807, 2.05) is 0 Å². The molecule has 0 heterocycles. The number of alkyl halides is 3. The minimum atomic E-state index is -4.03. The fraction of sp³-hybridized carbons (Fsp3) is 0.833. The van der Waals surface area contributed by atoms with Gasteiger partial charge in [0.25, 0.3) is 5.24 Å². The van der Waals surface area contributed by atoms with E-state index in [2.05, 4.69) is 11.6 Å². The fourth-order valence-electron chi connectivity index (χ4n) is 0.558. The molecule has 0 rings (SSSR count). The molecule has 0 aliphatic carbocycles. The molecule has 5 heteroatoms. The van der Waals surface area contributed by atoms with Gasteiger partial charge in [0.1, 0.15) is 0 Å². The number of carbonyl (C=O) groups excluding carboxylic acids is 1. The Morgan fingerprint density at radius 2 is 2.09 bits per heavy atom. The summed E-state index contributed by atoms with van der Waals surface area (Å²) >= 11 is 4.47. The molecule has 1 unspecified atom stereocenters. The molecular formula is C6H8ClF3O. The van der Waals surface area contributed by atoms with Crippen LogP contribution in [0.3, 0.4) is 0 Å². The van der Waals surface area contributed by atoms with E-state index >= 15 is 0 Å². The second-order valence-electron chi connectivity index (χ2n) is 2.15. The molecule has 0 radical (unpaired) electrons. The smallest absolute Gasteiger partial charge is 0.274 e. The average Bonchev–Trinajstić information content (AvgIpc) is 1.88. The van der Waals surface area contributed by atoms with Crippen LogP contribution in [0.5, 0.6) is 0 Å². The van der Waals surface area contributed by atoms with Crippen LogP contribution in [-0.2, 0) is 4.79 Å². The predicted molar refractivity (Wildman–Crippen MR) is 35.6 cm³/mol. The van der Waals surface area contributed by atoms with Crippen molar-refractivity contribution in [3.63, 3.8) is 0 Å². The maximum atomic E-state index is 12.4. The largest absolute Gasteiger partial charge is 0.350 e. The summed E-state index contributed by atoms with van der Waals surface area (Å²) < 4.78 is 36.9. The molecule has 0 aliphatic heterocycles. The number of carbonyl (C=O) groups is 1. The van der Waals surface area contributed by atoms with Crippen molar-refractivity contribution in [2.45, 2.75) is 31.9 Å². The number of halogens is 4. The molecule has 0 aliphatic rings. The minimum Gasteiger partial charge on any atom is -0.274 e. The van der Waals surface area contributed by atoms with Crippen molar-refractivity contribution in [1.82, 2.24) is 0 Å². The Morgan fingerprint density at radius 3 is 2.36 bits per heavy atom. The van der Waals surface area contributed by atoms with Crippen LogP contribution in [-0.4, -0.2) is 17.3 Å². The van der Waals surface area contributed by atoms with E-state index in [-0.39, 0.29) is 12.8 Å². The van der Waals surface area contributed by atoms with Crippen LogP contribution < -0.4 is 0 Å². The monoisotopic (exact) mass is 188 g/mol. The number of rotatable bonds is 4. The first-order valence-corrected chi connectivity index (χ1v) is 3.52. The molecule has 0 aromatic rings. The summed E-state index contributed by atoms with van der Waals surface area (Å²) in [5.41, 5.74) is 0. The van der Waals surface area contributed by atoms with E-state index < -0.39 is 17.3 Å². The zero-order chi connectivity index (χ0) is 9.07. The molecule has 0 N–H and O–H groups in total. The third-order valence-electron chi connectivity index (χ3n) is 1.20. The van der Waals surface area contributed by atoms with Crippen molar-refractivity contribution in [3.8, 4) is 0 Å². The molecular weight excluding hydrogens is 181 g/mol. The first kappa shape index (κ1) is 10.8. The topological polar surface area (TPSA) is 17.1 Å². The van der Waals surface area contributed by atoms with Gasteiger partial charge in [0, 0.05) is 0 Å². The van der Waals surface area contributed by atoms with Crippen molar-refractivity contribution in [1.29, 1.82) is 0 Å². The maximum absolute atomic E-state index is 12.4. The van der Waals surface area contributed by atoms with E-state index in [0.29, 0.717) is 0 Å². The van der Waals surface area contributed by atoms with Crippen LogP contribution in [0, 0.1) is 0 Å². The van der Waals surface area contributed by atoms with Gasteiger partial charge in [-0.05, 0) is 18.0 Å². The van der Waals surface area contributed by atoms with Gasteiger partial charge < -0.3 is 0 Å². The second kappa shape index (κ2) is 3.95. The van der Waals surface area contributed by atoms with Crippen molar-refractivity contribution >= 4 is 16.8 Å². The maximum Gasteiger partial charge on any atom is 0.350 e. The summed E-state index contributed by atoms with van der Waals surface area (Å²) in [7, 11) is 0. The normalized spacial score (nSPS) is 14.6. The number of hydrogen-bond acceptors (Lipinski definition) is 1. The van der Waals surface area contributed by atoms with Crippen molar-refractivity contribution in [2.75, 3.05) is 0 Å². The van der Waals surface area contributed by atoms with Crippen LogP contribution in [0.4, 0.5) is 13.2 Å². The van der Waals surface area contributed by atoms with E-state index in [1.165, 1.54) is 0 Å². The lowest BCUT2D eigenvalue weighted by molar-refractivity contribution is -0.144. The van der Waals surface area contributed by atoms with Crippen molar-refractivity contribution in [2.24, 2.45) is 0 Å². The molecule has 11 heavy (non-hydrogen) atoms. The Balaban J connectivity index is 4.17. The lowest BCUT2D eigenvalue weighted by Crippen LogP contribution is -2.35. The zero-order valence-electron chi connectivity index (χ0n) is 5.91. The van der Waals surface area contributed by atoms with E-state index in [4.69, 9.17) is 0 Å². The summed E-state index contributed by atoms with van der Waals surface area (Å²) in [6.45, 7) is 1.54. The van der Waals surface area contributed by atoms with Crippen LogP contribution >= 0.6 is 11.6 Å². The fourth-order valence-corrected chi connectivity index (χ4v) is 0.676. The van der Waals surface area contributed by atoms with Gasteiger partial charge in [-0.3, -0.25) is 4.79 Å². The van der Waals surface area contributed by atoms with Gasteiger partial charge in [-0.15, -0.1) is 0 Å². The quantitative estimate of drug-likeness (QED) is 0.620. The second-order valence-corrected chi connectivity index (χ2v) is 2.50. The molecule has 1 nitrogen and oxygen atoms in total. The van der Waals surface area contributed by atoms with Gasteiger partial charge in [0.15, 0.2) is 6.17 Å². The predicted octanol–water partition coefficient (Wildman–Crippen LogP) is 2.53. The highest BCUT2D eigenvalue weighted by Crippen LogP contribution is 2.27. The molecule has 0 bridgehead atoms. The highest BCUT2D eigenvalue weighted by atomic mass is 35.5. The summed E-state index contributed by atoms with van der Waals surface area (Å²) in [6, 6.07) is 0. The summed E-state index contributed by atoms with van der Waals surface area (Å²) in [6.07, 6.45) is -2.57. The Bertz CT molecular complexity index is 149. The van der Waals surface area contributed by atoms with Crippen LogP contribution in [0.15, 0.2) is 0 Å². The summed E-state index contributed by atoms with van der Waals surface area (Å²) in [5.74, 6) is -4.03. The van der Waals surface area contributed by atoms with E-state index in [0.717, 1.165) is 0 Å². The molecule has 0 amide bonds. The van der Waals surface area contributed by atoms with Gasteiger partial charge in [0.2, 0.25) is 0 Å². The van der Waals surface area contributed by atoms with Gasteiger partial charge in [-0.1, -0.05) is 13.3 Å². The summed E-state index contributed by atoms with van der Waals surface area (Å²) in [4.78, 5) is 9.96. The number of hydrogen-bond donors (Lipinski definition) is 0. The molecule has 0 saturated heterocycles. The van der Waals surface area contributed by atoms with E-state index in [9.17, 15) is 18.0 Å².